The lowest BCUT2D eigenvalue weighted by Gasteiger charge is -2.08. The Labute approximate surface area is 163 Å². The third-order valence-electron chi connectivity index (χ3n) is 4.05. The summed E-state index contributed by atoms with van der Waals surface area (Å²) in [5.74, 6) is -0.445. The number of aryl methyl sites for hydroxylation is 1. The van der Waals surface area contributed by atoms with E-state index in [0.29, 0.717) is 17.1 Å². The van der Waals surface area contributed by atoms with E-state index in [4.69, 9.17) is 11.6 Å². The van der Waals surface area contributed by atoms with E-state index in [9.17, 15) is 18.0 Å². The zero-order valence-corrected chi connectivity index (χ0v) is 15.8. The van der Waals surface area contributed by atoms with Gasteiger partial charge in [-0.1, -0.05) is 23.7 Å². The van der Waals surface area contributed by atoms with Crippen molar-refractivity contribution in [3.63, 3.8) is 0 Å². The summed E-state index contributed by atoms with van der Waals surface area (Å²) in [5, 5.41) is 11.1. The van der Waals surface area contributed by atoms with Crippen LogP contribution in [0.2, 0.25) is 5.02 Å². The molecular weight excluding hydrogens is 395 g/mol. The summed E-state index contributed by atoms with van der Waals surface area (Å²) in [6, 6.07) is 6.89. The Morgan fingerprint density at radius 1 is 1.29 bits per heavy atom. The van der Waals surface area contributed by atoms with E-state index in [1.807, 2.05) is 19.9 Å². The van der Waals surface area contributed by atoms with Gasteiger partial charge in [-0.15, -0.1) is 0 Å². The fraction of sp³-hybridized carbons (Fsp3) is 0.278. The first-order valence-electron chi connectivity index (χ1n) is 8.31. The number of hydrogen-bond donors (Lipinski definition) is 1. The highest BCUT2D eigenvalue weighted by Gasteiger charge is 2.28. The van der Waals surface area contributed by atoms with Gasteiger partial charge in [-0.05, 0) is 31.5 Å². The number of nitrogens with one attached hydrogen (secondary N) is 1. The van der Waals surface area contributed by atoms with Gasteiger partial charge in [0.05, 0.1) is 34.8 Å². The highest BCUT2D eigenvalue weighted by molar-refractivity contribution is 6.31. The van der Waals surface area contributed by atoms with Crippen LogP contribution < -0.4 is 5.32 Å². The second kappa shape index (κ2) is 7.67. The lowest BCUT2D eigenvalue weighted by atomic mass is 10.1. The van der Waals surface area contributed by atoms with Crippen molar-refractivity contribution in [1.29, 1.82) is 0 Å². The van der Waals surface area contributed by atoms with Gasteiger partial charge in [-0.25, -0.2) is 0 Å². The van der Waals surface area contributed by atoms with Gasteiger partial charge in [-0.2, -0.15) is 23.4 Å². The van der Waals surface area contributed by atoms with Crippen LogP contribution >= 0.6 is 11.6 Å². The first-order valence-corrected chi connectivity index (χ1v) is 8.69. The predicted molar refractivity (Wildman–Crippen MR) is 98.5 cm³/mol. The number of halogens is 4. The van der Waals surface area contributed by atoms with Crippen molar-refractivity contribution in [3.05, 3.63) is 64.2 Å². The summed E-state index contributed by atoms with van der Waals surface area (Å²) >= 11 is 6.15. The Balaban J connectivity index is 1.71. The third kappa shape index (κ3) is 4.72. The molecule has 1 amide bonds. The number of carbonyl (C=O) groups excluding carboxylic acids is 1. The van der Waals surface area contributed by atoms with Gasteiger partial charge in [0.1, 0.15) is 6.54 Å². The van der Waals surface area contributed by atoms with E-state index in [2.05, 4.69) is 15.5 Å². The van der Waals surface area contributed by atoms with Crippen LogP contribution in [-0.2, 0) is 13.1 Å². The van der Waals surface area contributed by atoms with Crippen molar-refractivity contribution in [2.24, 2.45) is 0 Å². The Kier molecular flexibility index (Phi) is 5.46. The minimum absolute atomic E-state index is 0.185. The van der Waals surface area contributed by atoms with Crippen molar-refractivity contribution in [2.75, 3.05) is 5.32 Å². The van der Waals surface area contributed by atoms with E-state index >= 15 is 0 Å². The first-order chi connectivity index (χ1) is 13.1. The first kappa shape index (κ1) is 19.9. The number of carbonyl (C=O) groups is 1. The molecule has 10 heteroatoms. The molecule has 0 atom stereocenters. The number of anilines is 1. The predicted octanol–water partition coefficient (Wildman–Crippen LogP) is 4.21. The maximum absolute atomic E-state index is 12.4. The monoisotopic (exact) mass is 411 g/mol. The summed E-state index contributed by atoms with van der Waals surface area (Å²) < 4.78 is 39.6. The molecule has 3 aromatic rings. The summed E-state index contributed by atoms with van der Waals surface area (Å²) in [6.07, 6.45) is -2.08. The smallest absolute Gasteiger partial charge is 0.319 e. The molecule has 0 bridgehead atoms. The SMILES string of the molecule is Cc1nn(Cc2cccc(C(=O)Nc3cnn(CC(F)(F)F)c3)c2)c(C)c1Cl. The standard InChI is InChI=1S/C18H17ClF3N5O/c1-11-16(19)12(2)27(25-11)8-13-4-3-5-14(6-13)17(28)24-15-7-23-26(9-15)10-18(20,21)22/h3-7,9H,8,10H2,1-2H3,(H,24,28). The van der Waals surface area contributed by atoms with Crippen molar-refractivity contribution >= 4 is 23.2 Å². The average molecular weight is 412 g/mol. The van der Waals surface area contributed by atoms with Gasteiger partial charge in [-0.3, -0.25) is 14.2 Å². The van der Waals surface area contributed by atoms with Crippen molar-refractivity contribution in [3.8, 4) is 0 Å². The summed E-state index contributed by atoms with van der Waals surface area (Å²) in [5.41, 5.74) is 2.94. The lowest BCUT2D eigenvalue weighted by Crippen LogP contribution is -2.18. The molecule has 0 aliphatic rings. The molecule has 1 aromatic carbocycles. The number of amides is 1. The van der Waals surface area contributed by atoms with Crippen LogP contribution in [0.15, 0.2) is 36.7 Å². The Morgan fingerprint density at radius 3 is 2.68 bits per heavy atom. The van der Waals surface area contributed by atoms with Crippen LogP contribution in [0.25, 0.3) is 0 Å². The average Bonchev–Trinajstić information content (AvgIpc) is 3.13. The Morgan fingerprint density at radius 2 is 2.04 bits per heavy atom. The zero-order chi connectivity index (χ0) is 20.5. The maximum atomic E-state index is 12.4. The molecule has 0 aliphatic carbocycles. The summed E-state index contributed by atoms with van der Waals surface area (Å²) in [6.45, 7) is 2.89. The Bertz CT molecular complexity index is 1010. The van der Waals surface area contributed by atoms with Crippen LogP contribution in [-0.4, -0.2) is 31.6 Å². The Hall–Kier alpha value is -2.81. The molecule has 2 aromatic heterocycles. The molecule has 0 fully saturated rings. The number of hydrogen-bond acceptors (Lipinski definition) is 3. The van der Waals surface area contributed by atoms with Gasteiger partial charge in [0.2, 0.25) is 0 Å². The quantitative estimate of drug-likeness (QED) is 0.684. The van der Waals surface area contributed by atoms with Gasteiger partial charge in [0.25, 0.3) is 5.91 Å². The number of nitrogens with zero attached hydrogens (tertiary/aromatic N) is 4. The lowest BCUT2D eigenvalue weighted by molar-refractivity contribution is -0.142. The van der Waals surface area contributed by atoms with E-state index < -0.39 is 18.6 Å². The molecule has 6 nitrogen and oxygen atoms in total. The minimum atomic E-state index is -4.38. The third-order valence-corrected chi connectivity index (χ3v) is 4.59. The molecule has 0 unspecified atom stereocenters. The molecule has 2 heterocycles. The van der Waals surface area contributed by atoms with Crippen LogP contribution in [0.1, 0.15) is 27.3 Å². The minimum Gasteiger partial charge on any atom is -0.319 e. The van der Waals surface area contributed by atoms with Crippen LogP contribution in [0.5, 0.6) is 0 Å². The summed E-state index contributed by atoms with van der Waals surface area (Å²) in [4.78, 5) is 12.4. The fourth-order valence-electron chi connectivity index (χ4n) is 2.71. The largest absolute Gasteiger partial charge is 0.408 e. The maximum Gasteiger partial charge on any atom is 0.408 e. The number of rotatable bonds is 5. The van der Waals surface area contributed by atoms with Crippen molar-refractivity contribution in [2.45, 2.75) is 33.1 Å². The number of aromatic nitrogens is 4. The summed E-state index contributed by atoms with van der Waals surface area (Å²) in [7, 11) is 0. The van der Waals surface area contributed by atoms with E-state index in [-0.39, 0.29) is 5.69 Å². The zero-order valence-electron chi connectivity index (χ0n) is 15.1. The molecular formula is C18H17ClF3N5O. The molecule has 1 N–H and O–H groups in total. The normalized spacial score (nSPS) is 11.6. The topological polar surface area (TPSA) is 64.7 Å². The van der Waals surface area contributed by atoms with Gasteiger partial charge >= 0.3 is 6.18 Å². The van der Waals surface area contributed by atoms with Crippen LogP contribution in [0.4, 0.5) is 18.9 Å². The highest BCUT2D eigenvalue weighted by atomic mass is 35.5. The van der Waals surface area contributed by atoms with E-state index in [0.717, 1.165) is 27.8 Å². The van der Waals surface area contributed by atoms with Crippen molar-refractivity contribution < 1.29 is 18.0 Å². The molecule has 3 rings (SSSR count). The van der Waals surface area contributed by atoms with E-state index in [1.165, 1.54) is 6.20 Å². The molecule has 0 saturated carbocycles. The number of alkyl halides is 3. The fourth-order valence-corrected chi connectivity index (χ4v) is 2.85. The molecule has 28 heavy (non-hydrogen) atoms. The second-order valence-corrected chi connectivity index (χ2v) is 6.72. The van der Waals surface area contributed by atoms with Crippen LogP contribution in [0.3, 0.4) is 0 Å². The molecule has 0 saturated heterocycles. The highest BCUT2D eigenvalue weighted by Crippen LogP contribution is 2.21. The van der Waals surface area contributed by atoms with E-state index in [1.54, 1.807) is 22.9 Å². The molecule has 0 radical (unpaired) electrons. The molecule has 0 spiro atoms. The second-order valence-electron chi connectivity index (χ2n) is 6.34. The van der Waals surface area contributed by atoms with Gasteiger partial charge < -0.3 is 5.32 Å². The molecule has 148 valence electrons. The molecule has 0 aliphatic heterocycles. The number of benzene rings is 1. The van der Waals surface area contributed by atoms with Gasteiger partial charge in [0, 0.05) is 11.8 Å². The van der Waals surface area contributed by atoms with Gasteiger partial charge in [0.15, 0.2) is 0 Å². The van der Waals surface area contributed by atoms with Crippen LogP contribution in [0, 0.1) is 13.8 Å². The van der Waals surface area contributed by atoms with Crippen molar-refractivity contribution in [1.82, 2.24) is 19.6 Å².